The number of thioether (sulfide) groups is 1. The highest BCUT2D eigenvalue weighted by Crippen LogP contribution is 2.56. The number of hydrogen-bond donors (Lipinski definition) is 1. The van der Waals surface area contributed by atoms with Gasteiger partial charge in [0, 0.05) is 43.2 Å². The van der Waals surface area contributed by atoms with Crippen LogP contribution in [0.25, 0.3) is 0 Å². The Kier molecular flexibility index (Phi) is 5.72. The van der Waals surface area contributed by atoms with Crippen molar-refractivity contribution in [1.82, 2.24) is 9.21 Å². The van der Waals surface area contributed by atoms with Crippen LogP contribution in [0.4, 0.5) is 11.4 Å². The van der Waals surface area contributed by atoms with Crippen LogP contribution in [-0.4, -0.2) is 67.0 Å². The van der Waals surface area contributed by atoms with Crippen LogP contribution in [0, 0.1) is 0 Å². The molecule has 1 atom stereocenters. The lowest BCUT2D eigenvalue weighted by atomic mass is 10.1. The normalized spacial score (nSPS) is 23.4. The lowest BCUT2D eigenvalue weighted by molar-refractivity contribution is -0.121. The second-order valence-corrected chi connectivity index (χ2v) is 11.7. The monoisotopic (exact) mass is 486 g/mol. The van der Waals surface area contributed by atoms with Crippen LogP contribution in [0.2, 0.25) is 0 Å². The predicted octanol–water partition coefficient (Wildman–Crippen LogP) is 2.58. The molecule has 0 spiro atoms. The van der Waals surface area contributed by atoms with Crippen LogP contribution in [0.3, 0.4) is 0 Å². The number of carbonyl (C=O) groups excluding carboxylic acids is 2. The Morgan fingerprint density at radius 3 is 2.45 bits per heavy atom. The van der Waals surface area contributed by atoms with Gasteiger partial charge in [0.05, 0.1) is 10.6 Å². The second kappa shape index (κ2) is 8.43. The van der Waals surface area contributed by atoms with Crippen LogP contribution in [0.15, 0.2) is 58.3 Å². The van der Waals surface area contributed by atoms with Crippen molar-refractivity contribution in [2.75, 3.05) is 42.9 Å². The molecule has 0 unspecified atom stereocenters. The van der Waals surface area contributed by atoms with E-state index in [2.05, 4.69) is 17.1 Å². The summed E-state index contributed by atoms with van der Waals surface area (Å²) in [6, 6.07) is 13.8. The van der Waals surface area contributed by atoms with Crippen LogP contribution >= 0.6 is 11.8 Å². The minimum absolute atomic E-state index is 0.0628. The van der Waals surface area contributed by atoms with Gasteiger partial charge in [-0.2, -0.15) is 4.31 Å². The van der Waals surface area contributed by atoms with Crippen molar-refractivity contribution >= 4 is 45.0 Å². The average molecular weight is 487 g/mol. The first-order chi connectivity index (χ1) is 15.8. The van der Waals surface area contributed by atoms with Crippen molar-refractivity contribution in [3.63, 3.8) is 0 Å². The molecule has 5 rings (SSSR count). The number of hydrogen-bond acceptors (Lipinski definition) is 6. The molecule has 0 aliphatic carbocycles. The van der Waals surface area contributed by atoms with Crippen molar-refractivity contribution in [2.45, 2.75) is 34.4 Å². The summed E-state index contributed by atoms with van der Waals surface area (Å²) < 4.78 is 27.5. The molecule has 33 heavy (non-hydrogen) atoms. The first kappa shape index (κ1) is 22.4. The van der Waals surface area contributed by atoms with Crippen molar-refractivity contribution in [3.8, 4) is 0 Å². The molecule has 0 bridgehead atoms. The van der Waals surface area contributed by atoms with Crippen molar-refractivity contribution in [1.29, 1.82) is 0 Å². The Morgan fingerprint density at radius 1 is 1.06 bits per heavy atom. The lowest BCUT2D eigenvalue weighted by Crippen LogP contribution is -2.49. The molecule has 2 aromatic rings. The summed E-state index contributed by atoms with van der Waals surface area (Å²) in [6.07, 6.45) is 0.741. The number of anilines is 2. The molecule has 3 aliphatic rings. The lowest BCUT2D eigenvalue weighted by Gasteiger charge is -2.33. The largest absolute Gasteiger partial charge is 0.323 e. The summed E-state index contributed by atoms with van der Waals surface area (Å²) in [5.41, 5.74) is 1.27. The second-order valence-electron chi connectivity index (χ2n) is 8.40. The maximum absolute atomic E-state index is 13.4. The summed E-state index contributed by atoms with van der Waals surface area (Å²) in [5.74, 6) is -0.340. The molecule has 0 aromatic heterocycles. The van der Waals surface area contributed by atoms with Gasteiger partial charge in [0.15, 0.2) is 4.87 Å². The molecule has 2 saturated heterocycles. The Labute approximate surface area is 198 Å². The average Bonchev–Trinajstić information content (AvgIpc) is 3.35. The number of fused-ring (bicyclic) bond motifs is 3. The van der Waals surface area contributed by atoms with E-state index in [1.54, 1.807) is 17.0 Å². The highest BCUT2D eigenvalue weighted by atomic mass is 32.2. The molecule has 3 aliphatic heterocycles. The molecule has 0 saturated carbocycles. The highest BCUT2D eigenvalue weighted by molar-refractivity contribution is 8.02. The highest BCUT2D eigenvalue weighted by Gasteiger charge is 2.57. The smallest absolute Gasteiger partial charge is 0.261 e. The van der Waals surface area contributed by atoms with E-state index in [9.17, 15) is 18.0 Å². The Bertz CT molecular complexity index is 1190. The zero-order valence-corrected chi connectivity index (χ0v) is 20.0. The number of benzene rings is 2. The van der Waals surface area contributed by atoms with E-state index in [0.717, 1.165) is 30.2 Å². The Balaban J connectivity index is 1.32. The van der Waals surface area contributed by atoms with E-state index in [1.807, 2.05) is 24.3 Å². The van der Waals surface area contributed by atoms with Gasteiger partial charge in [-0.3, -0.25) is 14.5 Å². The van der Waals surface area contributed by atoms with Crippen molar-refractivity contribution in [2.24, 2.45) is 0 Å². The number of rotatable bonds is 5. The van der Waals surface area contributed by atoms with Gasteiger partial charge in [0.2, 0.25) is 15.9 Å². The summed E-state index contributed by atoms with van der Waals surface area (Å²) in [4.78, 5) is 29.9. The van der Waals surface area contributed by atoms with Gasteiger partial charge in [-0.05, 0) is 49.4 Å². The van der Waals surface area contributed by atoms with Gasteiger partial charge in [-0.15, -0.1) is 0 Å². The summed E-state index contributed by atoms with van der Waals surface area (Å²) >= 11 is 1.40. The first-order valence-electron chi connectivity index (χ1n) is 11.1. The minimum atomic E-state index is -3.58. The summed E-state index contributed by atoms with van der Waals surface area (Å²) in [5, 5.41) is 2.90. The minimum Gasteiger partial charge on any atom is -0.323 e. The molecule has 2 aromatic carbocycles. The predicted molar refractivity (Wildman–Crippen MR) is 128 cm³/mol. The van der Waals surface area contributed by atoms with Crippen molar-refractivity contribution in [3.05, 3.63) is 48.5 Å². The molecule has 174 valence electrons. The van der Waals surface area contributed by atoms with E-state index in [0.29, 0.717) is 31.6 Å². The number of amides is 2. The van der Waals surface area contributed by atoms with Crippen LogP contribution in [0.1, 0.15) is 19.8 Å². The van der Waals surface area contributed by atoms with E-state index in [4.69, 9.17) is 0 Å². The zero-order valence-electron chi connectivity index (χ0n) is 18.4. The van der Waals surface area contributed by atoms with Gasteiger partial charge in [0.1, 0.15) is 0 Å². The van der Waals surface area contributed by atoms with Crippen molar-refractivity contribution < 1.29 is 18.0 Å². The number of nitrogens with one attached hydrogen (secondary N) is 1. The number of para-hydroxylation sites is 1. The fraction of sp³-hybridized carbons (Fsp3) is 0.391. The van der Waals surface area contributed by atoms with Gasteiger partial charge < -0.3 is 10.2 Å². The molecule has 1 N–H and O–H groups in total. The maximum atomic E-state index is 13.4. The maximum Gasteiger partial charge on any atom is 0.261 e. The Morgan fingerprint density at radius 2 is 1.76 bits per heavy atom. The molecular formula is C23H26N4O4S2. The van der Waals surface area contributed by atoms with Gasteiger partial charge in [-0.1, -0.05) is 30.8 Å². The molecular weight excluding hydrogens is 460 g/mol. The molecule has 8 nitrogen and oxygen atoms in total. The number of carbonyl (C=O) groups is 2. The zero-order chi connectivity index (χ0) is 23.2. The topological polar surface area (TPSA) is 90.0 Å². The van der Waals surface area contributed by atoms with Crippen LogP contribution < -0.4 is 10.2 Å². The molecule has 0 radical (unpaired) electrons. The quantitative estimate of drug-likeness (QED) is 0.699. The number of sulfonamides is 1. The number of piperazine rings is 1. The number of likely N-dealkylation sites (N-methyl/N-ethyl adjacent to an activating group) is 1. The first-order valence-corrected chi connectivity index (χ1v) is 13.4. The van der Waals surface area contributed by atoms with E-state index in [1.165, 1.54) is 28.2 Å². The number of nitrogens with zero attached hydrogens (tertiary/aromatic N) is 3. The summed E-state index contributed by atoms with van der Waals surface area (Å²) in [7, 11) is -3.58. The van der Waals surface area contributed by atoms with Gasteiger partial charge >= 0.3 is 0 Å². The molecule has 3 heterocycles. The SMILES string of the molecule is CCN1CCN(S(=O)(=O)c2ccc(NC(=O)[C@@]34CCC(=O)N3c3ccccc3S4)cc2)CC1. The van der Waals surface area contributed by atoms with E-state index in [-0.39, 0.29) is 16.7 Å². The third-order valence-corrected chi connectivity index (χ3v) is 9.94. The third-order valence-electron chi connectivity index (χ3n) is 6.56. The van der Waals surface area contributed by atoms with Gasteiger partial charge in [0.25, 0.3) is 5.91 Å². The fourth-order valence-corrected chi connectivity index (χ4v) is 7.51. The van der Waals surface area contributed by atoms with E-state index >= 15 is 0 Å². The molecule has 10 heteroatoms. The van der Waals surface area contributed by atoms with Crippen LogP contribution in [-0.2, 0) is 19.6 Å². The van der Waals surface area contributed by atoms with Crippen LogP contribution in [0.5, 0.6) is 0 Å². The fourth-order valence-electron chi connectivity index (χ4n) is 4.67. The third kappa shape index (κ3) is 3.74. The Hall–Kier alpha value is -2.40. The summed E-state index contributed by atoms with van der Waals surface area (Å²) in [6.45, 7) is 5.37. The molecule has 2 fully saturated rings. The molecule has 2 amide bonds. The van der Waals surface area contributed by atoms with E-state index < -0.39 is 14.9 Å². The standard InChI is InChI=1S/C23H26N4O4S2/c1-2-25-13-15-26(16-14-25)33(30,31)18-9-7-17(8-10-18)24-22(29)23-12-11-21(28)27(23)19-5-3-4-6-20(19)32-23/h3-10H,2,11-16H2,1H3,(H,24,29)/t23-/m0/s1. The van der Waals surface area contributed by atoms with Gasteiger partial charge in [-0.25, -0.2) is 8.42 Å².